The van der Waals surface area contributed by atoms with Crippen molar-refractivity contribution in [1.29, 1.82) is 0 Å². The van der Waals surface area contributed by atoms with E-state index in [4.69, 9.17) is 11.8 Å². The number of nitrogens with zero attached hydrogens (tertiary/aromatic N) is 1. The van der Waals surface area contributed by atoms with Gasteiger partial charge in [-0.25, -0.2) is 4.84 Å². The summed E-state index contributed by atoms with van der Waals surface area (Å²) >= 11 is 5.74. The van der Waals surface area contributed by atoms with Gasteiger partial charge in [0.2, 0.25) is 11.8 Å². The molecule has 27 heavy (non-hydrogen) atoms. The third-order valence-electron chi connectivity index (χ3n) is 4.14. The molecule has 0 aliphatic rings. The van der Waals surface area contributed by atoms with Gasteiger partial charge in [-0.15, -0.1) is 0 Å². The molecule has 144 valence electrons. The van der Waals surface area contributed by atoms with Gasteiger partial charge in [0.15, 0.2) is 0 Å². The summed E-state index contributed by atoms with van der Waals surface area (Å²) in [5, 5.41) is 12.0. The zero-order chi connectivity index (χ0) is 19.6. The van der Waals surface area contributed by atoms with E-state index < -0.39 is 6.04 Å². The zero-order valence-corrected chi connectivity index (χ0v) is 15.9. The number of hydrogen-bond donors (Lipinski definition) is 3. The first-order valence-corrected chi connectivity index (χ1v) is 9.07. The molecule has 6 nitrogen and oxygen atoms in total. The fourth-order valence-corrected chi connectivity index (χ4v) is 2.82. The maximum absolute atomic E-state index is 12.5. The first-order chi connectivity index (χ1) is 13.0. The second-order valence-electron chi connectivity index (χ2n) is 6.31. The molecule has 1 atom stereocenters. The van der Waals surface area contributed by atoms with Crippen LogP contribution in [0.15, 0.2) is 54.6 Å². The first-order valence-electron chi connectivity index (χ1n) is 8.69. The maximum atomic E-state index is 12.5. The molecule has 0 aliphatic heterocycles. The van der Waals surface area contributed by atoms with Crippen LogP contribution in [0.2, 0.25) is 0 Å². The average Bonchev–Trinajstić information content (AvgIpc) is 2.68. The van der Waals surface area contributed by atoms with E-state index in [-0.39, 0.29) is 24.1 Å². The first kappa shape index (κ1) is 20.7. The van der Waals surface area contributed by atoms with Crippen molar-refractivity contribution in [2.75, 3.05) is 20.1 Å². The molecule has 7 heteroatoms. The molecule has 0 saturated heterocycles. The molecular formula is C20H24ClN3O3. The Balaban J connectivity index is 1.77. The van der Waals surface area contributed by atoms with Gasteiger partial charge >= 0.3 is 0 Å². The molecule has 2 rings (SSSR count). The van der Waals surface area contributed by atoms with E-state index in [1.807, 2.05) is 30.3 Å². The van der Waals surface area contributed by atoms with Gasteiger partial charge in [0.25, 0.3) is 0 Å². The lowest BCUT2D eigenvalue weighted by Gasteiger charge is -2.22. The van der Waals surface area contributed by atoms with Gasteiger partial charge in [-0.05, 0) is 47.9 Å². The minimum absolute atomic E-state index is 0.0434. The number of halogens is 1. The van der Waals surface area contributed by atoms with E-state index in [1.54, 1.807) is 31.3 Å². The summed E-state index contributed by atoms with van der Waals surface area (Å²) in [6.07, 6.45) is 1.08. The number of phenolic OH excluding ortho intramolecular Hbond substituents is 1. The molecule has 3 N–H and O–H groups in total. The third-order valence-corrected chi connectivity index (χ3v) is 4.41. The highest BCUT2D eigenvalue weighted by Gasteiger charge is 2.23. The Morgan fingerprint density at radius 1 is 1.07 bits per heavy atom. The Bertz CT molecular complexity index is 738. The van der Waals surface area contributed by atoms with Crippen LogP contribution < -0.4 is 10.2 Å². The summed E-state index contributed by atoms with van der Waals surface area (Å²) in [5.41, 5.74) is 1.99. The van der Waals surface area contributed by atoms with E-state index in [2.05, 4.69) is 10.2 Å². The summed E-state index contributed by atoms with van der Waals surface area (Å²) in [5.74, 6) is -0.277. The number of carbonyl (C=O) groups excluding carboxylic acids is 2. The SMILES string of the molecule is CN(CC(=O)NCCc1ccc(O)cc1)C(=O)[C@@H](Cc1ccccc1)NCl. The Morgan fingerprint density at radius 2 is 1.74 bits per heavy atom. The number of phenols is 1. The number of nitrogens with one attached hydrogen (secondary N) is 2. The molecule has 2 aromatic carbocycles. The van der Waals surface area contributed by atoms with Gasteiger partial charge in [-0.2, -0.15) is 0 Å². The second kappa shape index (κ2) is 10.5. The van der Waals surface area contributed by atoms with Gasteiger partial charge < -0.3 is 15.3 Å². The van der Waals surface area contributed by atoms with E-state index in [0.717, 1.165) is 11.1 Å². The van der Waals surface area contributed by atoms with Crippen LogP contribution in [0, 0.1) is 0 Å². The molecule has 2 amide bonds. The standard InChI is InChI=1S/C20H24ClN3O3/c1-24(20(27)18(23-21)13-16-5-3-2-4-6-16)14-19(26)22-12-11-15-7-9-17(25)10-8-15/h2-10,18,23,25H,11-14H2,1H3,(H,22,26)/t18-/m1/s1. The van der Waals surface area contributed by atoms with Crippen LogP contribution in [0.3, 0.4) is 0 Å². The summed E-state index contributed by atoms with van der Waals surface area (Å²) in [6, 6.07) is 15.8. The lowest BCUT2D eigenvalue weighted by atomic mass is 10.1. The molecule has 0 saturated carbocycles. The van der Waals surface area contributed by atoms with Crippen molar-refractivity contribution in [2.45, 2.75) is 18.9 Å². The van der Waals surface area contributed by atoms with Crippen LogP contribution in [-0.4, -0.2) is 48.0 Å². The molecular weight excluding hydrogens is 366 g/mol. The van der Waals surface area contributed by atoms with Crippen molar-refractivity contribution in [1.82, 2.24) is 15.1 Å². The van der Waals surface area contributed by atoms with E-state index >= 15 is 0 Å². The molecule has 0 radical (unpaired) electrons. The monoisotopic (exact) mass is 389 g/mol. The predicted octanol–water partition coefficient (Wildman–Crippen LogP) is 1.86. The quantitative estimate of drug-likeness (QED) is 0.572. The Labute approximate surface area is 164 Å². The van der Waals surface area contributed by atoms with E-state index in [1.165, 1.54) is 4.90 Å². The molecule has 0 unspecified atom stereocenters. The molecule has 2 aromatic rings. The summed E-state index contributed by atoms with van der Waals surface area (Å²) in [4.78, 5) is 28.5. The van der Waals surface area contributed by atoms with Crippen LogP contribution >= 0.6 is 11.8 Å². The Kier molecular flexibility index (Phi) is 8.10. The lowest BCUT2D eigenvalue weighted by molar-refractivity contribution is -0.136. The van der Waals surface area contributed by atoms with Gasteiger partial charge in [-0.1, -0.05) is 42.5 Å². The van der Waals surface area contributed by atoms with Gasteiger partial charge in [-0.3, -0.25) is 9.59 Å². The Hall–Kier alpha value is -2.57. The lowest BCUT2D eigenvalue weighted by Crippen LogP contribution is -2.47. The van der Waals surface area contributed by atoms with Crippen molar-refractivity contribution in [3.05, 3.63) is 65.7 Å². The number of carbonyl (C=O) groups is 2. The van der Waals surface area contributed by atoms with Gasteiger partial charge in [0.05, 0.1) is 6.54 Å². The number of benzene rings is 2. The van der Waals surface area contributed by atoms with E-state index in [9.17, 15) is 14.7 Å². The fraction of sp³-hybridized carbons (Fsp3) is 0.300. The number of likely N-dealkylation sites (N-methyl/N-ethyl adjacent to an activating group) is 1. The molecule has 0 fully saturated rings. The number of rotatable bonds is 9. The second-order valence-corrected chi connectivity index (χ2v) is 6.53. The zero-order valence-electron chi connectivity index (χ0n) is 15.2. The molecule has 0 bridgehead atoms. The minimum atomic E-state index is -0.608. The number of aromatic hydroxyl groups is 1. The predicted molar refractivity (Wildman–Crippen MR) is 105 cm³/mol. The van der Waals surface area contributed by atoms with Crippen molar-refractivity contribution >= 4 is 23.6 Å². The topological polar surface area (TPSA) is 81.7 Å². The van der Waals surface area contributed by atoms with Crippen LogP contribution in [-0.2, 0) is 22.4 Å². The van der Waals surface area contributed by atoms with Crippen LogP contribution in [0.25, 0.3) is 0 Å². The molecule has 0 aromatic heterocycles. The smallest absolute Gasteiger partial charge is 0.241 e. The highest BCUT2D eigenvalue weighted by atomic mass is 35.5. The summed E-state index contributed by atoms with van der Waals surface area (Å²) in [7, 11) is 1.58. The van der Waals surface area contributed by atoms with Gasteiger partial charge in [0, 0.05) is 13.6 Å². The minimum Gasteiger partial charge on any atom is -0.508 e. The largest absolute Gasteiger partial charge is 0.508 e. The van der Waals surface area contributed by atoms with Crippen molar-refractivity contribution in [3.8, 4) is 5.75 Å². The number of amides is 2. The van der Waals surface area contributed by atoms with Crippen LogP contribution in [0.4, 0.5) is 0 Å². The normalized spacial score (nSPS) is 11.6. The summed E-state index contributed by atoms with van der Waals surface area (Å²) in [6.45, 7) is 0.408. The third kappa shape index (κ3) is 6.92. The van der Waals surface area contributed by atoms with Crippen molar-refractivity contribution < 1.29 is 14.7 Å². The van der Waals surface area contributed by atoms with Crippen molar-refractivity contribution in [2.24, 2.45) is 0 Å². The molecule has 0 aliphatic carbocycles. The van der Waals surface area contributed by atoms with Crippen molar-refractivity contribution in [3.63, 3.8) is 0 Å². The van der Waals surface area contributed by atoms with Crippen LogP contribution in [0.1, 0.15) is 11.1 Å². The molecule has 0 spiro atoms. The Morgan fingerprint density at radius 3 is 2.37 bits per heavy atom. The maximum Gasteiger partial charge on any atom is 0.241 e. The highest BCUT2D eigenvalue weighted by Crippen LogP contribution is 2.09. The van der Waals surface area contributed by atoms with Gasteiger partial charge in [0.1, 0.15) is 11.8 Å². The fourth-order valence-electron chi connectivity index (χ4n) is 2.65. The molecule has 0 heterocycles. The average molecular weight is 390 g/mol. The number of hydrogen-bond acceptors (Lipinski definition) is 4. The van der Waals surface area contributed by atoms with Crippen LogP contribution in [0.5, 0.6) is 5.75 Å². The highest BCUT2D eigenvalue weighted by molar-refractivity contribution is 6.15. The summed E-state index contributed by atoms with van der Waals surface area (Å²) < 4.78 is 0. The van der Waals surface area contributed by atoms with E-state index in [0.29, 0.717) is 19.4 Å².